The maximum absolute atomic E-state index is 10.7. The van der Waals surface area contributed by atoms with Gasteiger partial charge in [0.2, 0.25) is 0 Å². The molecule has 3 aromatic carbocycles. The number of hydrogen-bond acceptors (Lipinski definition) is 3. The lowest BCUT2D eigenvalue weighted by atomic mass is 9.96. The summed E-state index contributed by atoms with van der Waals surface area (Å²) in [5, 5.41) is 10.7. The maximum atomic E-state index is 10.7. The molecule has 0 aliphatic carbocycles. The first-order chi connectivity index (χ1) is 16.0. The zero-order valence-corrected chi connectivity index (χ0v) is 20.4. The van der Waals surface area contributed by atoms with Crippen LogP contribution in [0, 0.1) is 0 Å². The number of aromatic hydroxyl groups is 1. The molecule has 0 saturated heterocycles. The van der Waals surface area contributed by atoms with Crippen molar-refractivity contribution in [2.75, 3.05) is 0 Å². The van der Waals surface area contributed by atoms with E-state index >= 15 is 0 Å². The summed E-state index contributed by atoms with van der Waals surface area (Å²) >= 11 is 0. The molecular weight excluding hydrogens is 408 g/mol. The Kier molecular flexibility index (Phi) is 9.53. The summed E-state index contributed by atoms with van der Waals surface area (Å²) in [5.74, 6) is 0.331. The molecule has 3 heteroatoms. The quantitative estimate of drug-likeness (QED) is 0.311. The molecule has 0 aromatic heterocycles. The summed E-state index contributed by atoms with van der Waals surface area (Å²) < 4.78 is 12.8. The van der Waals surface area contributed by atoms with E-state index in [0.717, 1.165) is 30.4 Å². The van der Waals surface area contributed by atoms with E-state index in [9.17, 15) is 5.11 Å². The Balaban J connectivity index is 1.68. The van der Waals surface area contributed by atoms with Crippen molar-refractivity contribution in [3.63, 3.8) is 0 Å². The van der Waals surface area contributed by atoms with Crippen LogP contribution in [0.25, 0.3) is 0 Å². The number of benzene rings is 3. The summed E-state index contributed by atoms with van der Waals surface area (Å²) in [6.07, 6.45) is 3.36. The molecule has 0 aliphatic heterocycles. The lowest BCUT2D eigenvalue weighted by molar-refractivity contribution is -0.00812. The Morgan fingerprint density at radius 1 is 0.636 bits per heavy atom. The third-order valence-electron chi connectivity index (χ3n) is 6.12. The van der Waals surface area contributed by atoms with Gasteiger partial charge in [-0.3, -0.25) is 0 Å². The van der Waals surface area contributed by atoms with Crippen LogP contribution < -0.4 is 0 Å². The van der Waals surface area contributed by atoms with Crippen LogP contribution in [0.15, 0.2) is 78.9 Å². The van der Waals surface area contributed by atoms with Crippen LogP contribution in [-0.4, -0.2) is 17.3 Å². The van der Waals surface area contributed by atoms with E-state index in [-0.39, 0.29) is 24.4 Å². The first-order valence-electron chi connectivity index (χ1n) is 12.2. The van der Waals surface area contributed by atoms with Crippen molar-refractivity contribution in [3.8, 4) is 5.75 Å². The number of phenolic OH excluding ortho intramolecular Hbond substituents is 1. The van der Waals surface area contributed by atoms with Crippen LogP contribution in [0.3, 0.4) is 0 Å². The molecule has 3 aromatic rings. The second-order valence-corrected chi connectivity index (χ2v) is 8.83. The molecule has 0 fully saturated rings. The van der Waals surface area contributed by atoms with Gasteiger partial charge in [0.05, 0.1) is 24.4 Å². The summed E-state index contributed by atoms with van der Waals surface area (Å²) in [5.41, 5.74) is 4.47. The Hall–Kier alpha value is -2.62. The predicted octanol–water partition coefficient (Wildman–Crippen LogP) is 7.59. The molecule has 3 nitrogen and oxygen atoms in total. The molecular formula is C30H38O3. The summed E-state index contributed by atoms with van der Waals surface area (Å²) in [6.45, 7) is 8.50. The van der Waals surface area contributed by atoms with E-state index in [1.165, 1.54) is 11.1 Å². The highest BCUT2D eigenvalue weighted by Gasteiger charge is 2.20. The molecule has 0 radical (unpaired) electrons. The van der Waals surface area contributed by atoms with Crippen molar-refractivity contribution in [3.05, 3.63) is 101 Å². The normalized spacial score (nSPS) is 15.0. The van der Waals surface area contributed by atoms with Crippen molar-refractivity contribution in [2.45, 2.75) is 77.8 Å². The number of ether oxygens (including phenoxy) is 2. The van der Waals surface area contributed by atoms with Gasteiger partial charge < -0.3 is 14.6 Å². The van der Waals surface area contributed by atoms with Crippen LogP contribution in [0.4, 0.5) is 0 Å². The highest BCUT2D eigenvalue weighted by atomic mass is 16.5. The van der Waals surface area contributed by atoms with Gasteiger partial charge in [0, 0.05) is 6.42 Å². The van der Waals surface area contributed by atoms with Gasteiger partial charge >= 0.3 is 0 Å². The molecule has 176 valence electrons. The van der Waals surface area contributed by atoms with Gasteiger partial charge in [-0.25, -0.2) is 0 Å². The molecule has 33 heavy (non-hydrogen) atoms. The third kappa shape index (κ3) is 7.18. The van der Waals surface area contributed by atoms with Crippen molar-refractivity contribution in [1.82, 2.24) is 0 Å². The van der Waals surface area contributed by atoms with E-state index in [4.69, 9.17) is 9.47 Å². The molecule has 0 saturated carbocycles. The minimum atomic E-state index is -0.0221. The zero-order valence-electron chi connectivity index (χ0n) is 20.4. The van der Waals surface area contributed by atoms with Gasteiger partial charge in [-0.2, -0.15) is 0 Å². The minimum absolute atomic E-state index is 0.0221. The maximum Gasteiger partial charge on any atom is 0.119 e. The fourth-order valence-electron chi connectivity index (χ4n) is 4.46. The van der Waals surface area contributed by atoms with Crippen molar-refractivity contribution < 1.29 is 14.6 Å². The predicted molar refractivity (Wildman–Crippen MR) is 136 cm³/mol. The fourth-order valence-corrected chi connectivity index (χ4v) is 4.46. The first-order valence-corrected chi connectivity index (χ1v) is 12.2. The largest absolute Gasteiger partial charge is 0.508 e. The van der Waals surface area contributed by atoms with E-state index in [1.54, 1.807) is 6.07 Å². The topological polar surface area (TPSA) is 38.7 Å². The first kappa shape index (κ1) is 25.0. The second kappa shape index (κ2) is 12.6. The van der Waals surface area contributed by atoms with Gasteiger partial charge in [-0.1, -0.05) is 86.6 Å². The molecule has 0 bridgehead atoms. The molecule has 0 spiro atoms. The second-order valence-electron chi connectivity index (χ2n) is 8.83. The molecule has 0 amide bonds. The van der Waals surface area contributed by atoms with Gasteiger partial charge in [-0.05, 0) is 61.4 Å². The average molecular weight is 447 g/mol. The van der Waals surface area contributed by atoms with Crippen LogP contribution in [0.5, 0.6) is 5.75 Å². The zero-order chi connectivity index (χ0) is 23.6. The lowest BCUT2D eigenvalue weighted by Crippen LogP contribution is -2.19. The lowest BCUT2D eigenvalue weighted by Gasteiger charge is -2.25. The number of hydrogen-bond donors (Lipinski definition) is 1. The smallest absolute Gasteiger partial charge is 0.119 e. The Morgan fingerprint density at radius 2 is 1.12 bits per heavy atom. The SMILES string of the molecule is CCC(OC(C)Cc1cccc(O)c1CC(C)OC(CC)c1ccccc1)c1ccccc1. The molecule has 4 atom stereocenters. The van der Waals surface area contributed by atoms with Gasteiger partial charge in [-0.15, -0.1) is 0 Å². The highest BCUT2D eigenvalue weighted by Crippen LogP contribution is 2.30. The van der Waals surface area contributed by atoms with Crippen molar-refractivity contribution in [2.24, 2.45) is 0 Å². The molecule has 4 unspecified atom stereocenters. The Morgan fingerprint density at radius 3 is 1.61 bits per heavy atom. The van der Waals surface area contributed by atoms with Crippen LogP contribution in [0.1, 0.15) is 75.0 Å². The minimum Gasteiger partial charge on any atom is -0.508 e. The van der Waals surface area contributed by atoms with Gasteiger partial charge in [0.25, 0.3) is 0 Å². The summed E-state index contributed by atoms with van der Waals surface area (Å²) in [4.78, 5) is 0. The average Bonchev–Trinajstić information content (AvgIpc) is 2.84. The molecule has 3 rings (SSSR count). The monoisotopic (exact) mass is 446 g/mol. The van der Waals surface area contributed by atoms with E-state index in [2.05, 4.69) is 70.2 Å². The van der Waals surface area contributed by atoms with Crippen LogP contribution >= 0.6 is 0 Å². The van der Waals surface area contributed by atoms with E-state index in [0.29, 0.717) is 12.2 Å². The Bertz CT molecular complexity index is 955. The standard InChI is InChI=1S/C30H38O3/c1-5-29(24-14-9-7-10-15-24)32-22(3)20-26-18-13-19-28(31)27(26)21-23(4)33-30(6-2)25-16-11-8-12-17-25/h7-19,22-23,29-31H,5-6,20-21H2,1-4H3. The van der Waals surface area contributed by atoms with Gasteiger partial charge in [0.1, 0.15) is 5.75 Å². The number of rotatable bonds is 12. The summed E-state index contributed by atoms with van der Waals surface area (Å²) in [7, 11) is 0. The highest BCUT2D eigenvalue weighted by molar-refractivity contribution is 5.40. The van der Waals surface area contributed by atoms with Crippen LogP contribution in [0.2, 0.25) is 0 Å². The number of phenols is 1. The molecule has 0 heterocycles. The Labute approximate surface area is 199 Å². The van der Waals surface area contributed by atoms with Crippen molar-refractivity contribution in [1.29, 1.82) is 0 Å². The third-order valence-corrected chi connectivity index (χ3v) is 6.12. The van der Waals surface area contributed by atoms with E-state index < -0.39 is 0 Å². The van der Waals surface area contributed by atoms with Gasteiger partial charge in [0.15, 0.2) is 0 Å². The fraction of sp³-hybridized carbons (Fsp3) is 0.400. The molecule has 0 aliphatic rings. The molecule has 1 N–H and O–H groups in total. The van der Waals surface area contributed by atoms with Crippen LogP contribution in [-0.2, 0) is 22.3 Å². The van der Waals surface area contributed by atoms with Crippen molar-refractivity contribution >= 4 is 0 Å². The summed E-state index contributed by atoms with van der Waals surface area (Å²) in [6, 6.07) is 26.5. The van der Waals surface area contributed by atoms with E-state index in [1.807, 2.05) is 30.3 Å².